The van der Waals surface area contributed by atoms with Crippen molar-refractivity contribution in [2.45, 2.75) is 32.9 Å². The number of amides is 1. The molecule has 4 aromatic rings. The molecule has 5 rings (SSSR count). The fraction of sp³-hybridized carbons (Fsp3) is 0.320. The molecule has 1 aromatic carbocycles. The van der Waals surface area contributed by atoms with E-state index in [2.05, 4.69) is 5.10 Å². The van der Waals surface area contributed by atoms with Gasteiger partial charge in [-0.25, -0.2) is 18.1 Å². The summed E-state index contributed by atoms with van der Waals surface area (Å²) in [4.78, 5) is 20.4. The highest BCUT2D eigenvalue weighted by Crippen LogP contribution is 2.33. The van der Waals surface area contributed by atoms with Gasteiger partial charge in [-0.2, -0.15) is 5.10 Å². The van der Waals surface area contributed by atoms with Gasteiger partial charge in [0.25, 0.3) is 5.91 Å². The normalized spacial score (nSPS) is 17.3. The Labute approximate surface area is 198 Å². The van der Waals surface area contributed by atoms with Crippen LogP contribution in [0.4, 0.5) is 0 Å². The van der Waals surface area contributed by atoms with Gasteiger partial charge < -0.3 is 9.32 Å². The molecule has 0 bridgehead atoms. The molecule has 0 radical (unpaired) electrons. The molecule has 1 saturated heterocycles. The van der Waals surface area contributed by atoms with Gasteiger partial charge in [-0.1, -0.05) is 30.3 Å². The van der Waals surface area contributed by atoms with Crippen molar-refractivity contribution in [1.29, 1.82) is 0 Å². The monoisotopic (exact) mass is 478 g/mol. The fourth-order valence-corrected chi connectivity index (χ4v) is 6.25. The summed E-state index contributed by atoms with van der Waals surface area (Å²) in [5.74, 6) is 0.552. The summed E-state index contributed by atoms with van der Waals surface area (Å²) < 4.78 is 31.6. The number of hydrogen-bond donors (Lipinski definition) is 0. The van der Waals surface area contributed by atoms with E-state index in [1.54, 1.807) is 34.0 Å². The number of aryl methyl sites for hydroxylation is 1. The molecule has 9 heteroatoms. The second-order valence-electron chi connectivity index (χ2n) is 8.62. The Hall–Kier alpha value is -3.46. The van der Waals surface area contributed by atoms with E-state index < -0.39 is 9.84 Å². The molecule has 0 spiro atoms. The Bertz CT molecular complexity index is 1440. The molecule has 176 valence electrons. The molecule has 8 nitrogen and oxygen atoms in total. The van der Waals surface area contributed by atoms with Crippen molar-refractivity contribution in [2.75, 3.05) is 18.1 Å². The van der Waals surface area contributed by atoms with E-state index in [0.29, 0.717) is 53.3 Å². The van der Waals surface area contributed by atoms with Crippen molar-refractivity contribution >= 4 is 26.8 Å². The Morgan fingerprint density at radius 2 is 2.00 bits per heavy atom. The minimum atomic E-state index is -3.12. The van der Waals surface area contributed by atoms with Crippen molar-refractivity contribution in [1.82, 2.24) is 19.7 Å². The van der Waals surface area contributed by atoms with E-state index in [1.165, 1.54) is 0 Å². The number of fused-ring (bicyclic) bond motifs is 1. The van der Waals surface area contributed by atoms with Crippen LogP contribution in [-0.4, -0.2) is 52.0 Å². The van der Waals surface area contributed by atoms with Crippen molar-refractivity contribution in [3.8, 4) is 11.5 Å². The predicted octanol–water partition coefficient (Wildman–Crippen LogP) is 4.02. The number of aromatic nitrogens is 3. The molecule has 1 fully saturated rings. The summed E-state index contributed by atoms with van der Waals surface area (Å²) in [6.45, 7) is 4.79. The van der Waals surface area contributed by atoms with Crippen molar-refractivity contribution in [3.63, 3.8) is 0 Å². The summed E-state index contributed by atoms with van der Waals surface area (Å²) in [5.41, 5.74) is 3.19. The molecule has 34 heavy (non-hydrogen) atoms. The zero-order chi connectivity index (χ0) is 23.9. The number of furan rings is 1. The van der Waals surface area contributed by atoms with Crippen LogP contribution in [0.25, 0.3) is 22.5 Å². The Kier molecular flexibility index (Phi) is 5.73. The number of carbonyl (C=O) groups excluding carboxylic acids is 1. The lowest BCUT2D eigenvalue weighted by atomic mass is 10.1. The second-order valence-corrected chi connectivity index (χ2v) is 10.9. The summed E-state index contributed by atoms with van der Waals surface area (Å²) in [7, 11) is -3.12. The van der Waals surface area contributed by atoms with E-state index in [-0.39, 0.29) is 23.5 Å². The van der Waals surface area contributed by atoms with Crippen molar-refractivity contribution < 1.29 is 17.6 Å². The summed E-state index contributed by atoms with van der Waals surface area (Å²) >= 11 is 0. The fourth-order valence-electron chi connectivity index (χ4n) is 4.56. The largest absolute Gasteiger partial charge is 0.463 e. The third-order valence-corrected chi connectivity index (χ3v) is 8.03. The number of pyridine rings is 1. The van der Waals surface area contributed by atoms with Crippen LogP contribution >= 0.6 is 0 Å². The topological polar surface area (TPSA) is 98.3 Å². The first-order valence-corrected chi connectivity index (χ1v) is 13.2. The standard InChI is InChI=1S/C25H26N4O4S/c1-3-28(15-18-8-5-4-6-9-18)25(30)20-14-21(22-10-7-12-33-22)26-24-23(20)17(2)27-29(24)19-11-13-34(31,32)16-19/h4-10,12,14,19H,3,11,13,15-16H2,1-2H3. The highest BCUT2D eigenvalue weighted by molar-refractivity contribution is 7.91. The number of nitrogens with zero attached hydrogens (tertiary/aromatic N) is 4. The maximum Gasteiger partial charge on any atom is 0.255 e. The van der Waals surface area contributed by atoms with Gasteiger partial charge in [0.2, 0.25) is 0 Å². The lowest BCUT2D eigenvalue weighted by molar-refractivity contribution is 0.0754. The quantitative estimate of drug-likeness (QED) is 0.415. The van der Waals surface area contributed by atoms with Gasteiger partial charge in [-0.05, 0) is 44.0 Å². The number of sulfone groups is 1. The summed E-state index contributed by atoms with van der Waals surface area (Å²) in [6, 6.07) is 14.8. The van der Waals surface area contributed by atoms with E-state index in [0.717, 1.165) is 5.56 Å². The van der Waals surface area contributed by atoms with Gasteiger partial charge in [-0.15, -0.1) is 0 Å². The number of hydrogen-bond acceptors (Lipinski definition) is 6. The number of rotatable bonds is 6. The average molecular weight is 479 g/mol. The first-order valence-electron chi connectivity index (χ1n) is 11.3. The first-order chi connectivity index (χ1) is 16.4. The zero-order valence-corrected chi connectivity index (χ0v) is 20.0. The van der Waals surface area contributed by atoms with Gasteiger partial charge in [0.1, 0.15) is 5.69 Å². The molecule has 3 aromatic heterocycles. The smallest absolute Gasteiger partial charge is 0.255 e. The van der Waals surface area contributed by atoms with Crippen LogP contribution in [0.2, 0.25) is 0 Å². The zero-order valence-electron chi connectivity index (χ0n) is 19.1. The molecule has 0 aliphatic carbocycles. The molecule has 1 amide bonds. The molecule has 1 unspecified atom stereocenters. The van der Waals surface area contributed by atoms with Crippen LogP contribution < -0.4 is 0 Å². The third kappa shape index (κ3) is 4.11. The van der Waals surface area contributed by atoms with Gasteiger partial charge >= 0.3 is 0 Å². The minimum Gasteiger partial charge on any atom is -0.463 e. The molecule has 0 N–H and O–H groups in total. The predicted molar refractivity (Wildman–Crippen MR) is 129 cm³/mol. The lowest BCUT2D eigenvalue weighted by Gasteiger charge is -2.22. The van der Waals surface area contributed by atoms with E-state index >= 15 is 0 Å². The molecule has 1 atom stereocenters. The highest BCUT2D eigenvalue weighted by Gasteiger charge is 2.33. The molecule has 1 aliphatic heterocycles. The maximum absolute atomic E-state index is 13.8. The van der Waals surface area contributed by atoms with Crippen LogP contribution in [0, 0.1) is 6.92 Å². The third-order valence-electron chi connectivity index (χ3n) is 6.28. The van der Waals surface area contributed by atoms with Gasteiger partial charge in [0, 0.05) is 13.1 Å². The summed E-state index contributed by atoms with van der Waals surface area (Å²) in [5, 5.41) is 5.31. The van der Waals surface area contributed by atoms with Crippen LogP contribution in [0.1, 0.15) is 41.0 Å². The number of benzene rings is 1. The SMILES string of the molecule is CCN(Cc1ccccc1)C(=O)c1cc(-c2ccco2)nc2c1c(C)nn2C1CCS(=O)(=O)C1. The van der Waals surface area contributed by atoms with Crippen molar-refractivity contribution in [3.05, 3.63) is 71.6 Å². The van der Waals surface area contributed by atoms with Crippen LogP contribution in [0.3, 0.4) is 0 Å². The van der Waals surface area contributed by atoms with Gasteiger partial charge in [0.05, 0.1) is 40.5 Å². The van der Waals surface area contributed by atoms with E-state index in [4.69, 9.17) is 9.40 Å². The molecule has 0 saturated carbocycles. The highest BCUT2D eigenvalue weighted by atomic mass is 32.2. The Morgan fingerprint density at radius 1 is 1.21 bits per heavy atom. The lowest BCUT2D eigenvalue weighted by Crippen LogP contribution is -2.30. The Morgan fingerprint density at radius 3 is 2.65 bits per heavy atom. The van der Waals surface area contributed by atoms with Gasteiger partial charge in [0.15, 0.2) is 21.2 Å². The van der Waals surface area contributed by atoms with E-state index in [9.17, 15) is 13.2 Å². The summed E-state index contributed by atoms with van der Waals surface area (Å²) in [6.07, 6.45) is 2.03. The molecular weight excluding hydrogens is 452 g/mol. The maximum atomic E-state index is 13.8. The molecule has 4 heterocycles. The molecular formula is C25H26N4O4S. The van der Waals surface area contributed by atoms with E-state index in [1.807, 2.05) is 44.2 Å². The number of carbonyl (C=O) groups is 1. The van der Waals surface area contributed by atoms with Gasteiger partial charge in [-0.3, -0.25) is 4.79 Å². The van der Waals surface area contributed by atoms with Crippen molar-refractivity contribution in [2.24, 2.45) is 0 Å². The second kappa shape index (κ2) is 8.72. The van der Waals surface area contributed by atoms with Crippen LogP contribution in [0.5, 0.6) is 0 Å². The van der Waals surface area contributed by atoms with Crippen LogP contribution in [0.15, 0.2) is 59.2 Å². The van der Waals surface area contributed by atoms with Crippen LogP contribution in [-0.2, 0) is 16.4 Å². The minimum absolute atomic E-state index is 0.0221. The molecule has 1 aliphatic rings. The Balaban J connectivity index is 1.65. The average Bonchev–Trinajstić information content (AvgIpc) is 3.56. The first kappa shape index (κ1) is 22.3.